The second kappa shape index (κ2) is 20.8. The lowest BCUT2D eigenvalue weighted by Crippen LogP contribution is -2.56. The van der Waals surface area contributed by atoms with Gasteiger partial charge in [-0.3, -0.25) is 10.1 Å². The van der Waals surface area contributed by atoms with Crippen LogP contribution in [-0.4, -0.2) is 60.3 Å². The van der Waals surface area contributed by atoms with Crippen LogP contribution in [0.15, 0.2) is 48.4 Å². The zero-order valence-corrected chi connectivity index (χ0v) is 47.6. The minimum absolute atomic E-state index is 0.00777. The van der Waals surface area contributed by atoms with E-state index in [-0.39, 0.29) is 47.3 Å². The van der Waals surface area contributed by atoms with E-state index in [1.807, 2.05) is 10.8 Å². The van der Waals surface area contributed by atoms with Gasteiger partial charge in [0.25, 0.3) is 0 Å². The highest BCUT2D eigenvalue weighted by Gasteiger charge is 2.58. The summed E-state index contributed by atoms with van der Waals surface area (Å²) in [6.07, 6.45) is 28.6. The molecule has 4 aromatic rings. The molecule has 2 aromatic heterocycles. The molecule has 12 aliphatic rings. The maximum absolute atomic E-state index is 15.1. The number of H-pyrrole nitrogens is 1. The smallest absolute Gasteiger partial charge is 0.191 e. The molecule has 4 fully saturated rings. The minimum Gasteiger partial charge on any atom is -0.508 e. The van der Waals surface area contributed by atoms with Crippen LogP contribution in [-0.2, 0) is 22.4 Å². The van der Waals surface area contributed by atoms with Gasteiger partial charge in [0.2, 0.25) is 0 Å². The first-order valence-corrected chi connectivity index (χ1v) is 33.1. The van der Waals surface area contributed by atoms with Gasteiger partial charge in [0.1, 0.15) is 23.7 Å². The lowest BCUT2D eigenvalue weighted by molar-refractivity contribution is -0.129. The quantitative estimate of drug-likeness (QED) is 0.0348. The normalized spacial score (nSPS) is 33.1. The summed E-state index contributed by atoms with van der Waals surface area (Å²) >= 11 is 0. The minimum atomic E-state index is -1.09. The number of aromatic nitrogens is 2. The van der Waals surface area contributed by atoms with Crippen molar-refractivity contribution in [3.8, 4) is 41.1 Å². The predicted molar refractivity (Wildman–Crippen MR) is 311 cm³/mol. The van der Waals surface area contributed by atoms with Crippen LogP contribution in [0.5, 0.6) is 17.2 Å². The number of aromatic amines is 1. The Kier molecular flexibility index (Phi) is 13.9. The van der Waals surface area contributed by atoms with Gasteiger partial charge < -0.3 is 45.2 Å². The fourth-order valence-electron chi connectivity index (χ4n) is 18.3. The summed E-state index contributed by atoms with van der Waals surface area (Å²) in [6, 6.07) is 5.90. The number of Topliss-reactive ketones (excluding diaryl/α,β-unsaturated/α-hetero) is 1. The van der Waals surface area contributed by atoms with Crippen molar-refractivity contribution >= 4 is 38.3 Å². The molecular formula is C66H80N4O7S2. The van der Waals surface area contributed by atoms with Crippen LogP contribution in [0, 0.1) is 70.2 Å². The highest BCUT2D eigenvalue weighted by Crippen LogP contribution is 2.66. The van der Waals surface area contributed by atoms with E-state index in [9.17, 15) is 20.4 Å². The Morgan fingerprint density at radius 3 is 2.66 bits per heavy atom. The van der Waals surface area contributed by atoms with E-state index in [0.717, 1.165) is 123 Å². The molecule has 0 radical (unpaired) electrons. The van der Waals surface area contributed by atoms with Crippen LogP contribution >= 0.6 is 21.6 Å². The van der Waals surface area contributed by atoms with Crippen molar-refractivity contribution in [3.63, 3.8) is 0 Å². The molecular weight excluding hydrogens is 1020 g/mol. The number of ether oxygens (including phenoxy) is 2. The molecule has 3 spiro atoms. The maximum atomic E-state index is 15.1. The van der Waals surface area contributed by atoms with Gasteiger partial charge >= 0.3 is 0 Å². The molecule has 4 saturated carbocycles. The first-order valence-electron chi connectivity index (χ1n) is 30.6. The number of carbonyl (C=O) groups is 1. The van der Waals surface area contributed by atoms with Crippen molar-refractivity contribution in [3.05, 3.63) is 87.4 Å². The SMILES string of the molecule is CCCCC[C@H](C(=O)CCc1c(O)cc2c3c1CSSC[C@@]14CN[C@@H](N)c5ccc6c(c51)[C@@H](c1c[nH]c5cn(cc15)[C@@H](O3)[C@H](C#C[C@H]6O)C1(C#CO2)CCCC1)C1(CCCC1)C4)[C@H](O)[C@@H]1C=C2CC[C@H]3CCCC[C@H]3[C@@H]2C[C@H]1O. The summed E-state index contributed by atoms with van der Waals surface area (Å²) in [7, 11) is 3.57. The van der Waals surface area contributed by atoms with Crippen LogP contribution in [0.25, 0.3) is 10.9 Å². The number of benzene rings is 2. The second-order valence-electron chi connectivity index (χ2n) is 26.2. The number of ketones is 1. The van der Waals surface area contributed by atoms with Crippen molar-refractivity contribution in [1.29, 1.82) is 0 Å². The highest BCUT2D eigenvalue weighted by atomic mass is 33.1. The molecule has 11 nitrogen and oxygen atoms in total. The Morgan fingerprint density at radius 1 is 0.987 bits per heavy atom. The molecule has 13 atom stereocenters. The van der Waals surface area contributed by atoms with Gasteiger partial charge in [0.15, 0.2) is 17.7 Å². The number of hydrogen-bond acceptors (Lipinski definition) is 11. The van der Waals surface area contributed by atoms with E-state index < -0.39 is 47.7 Å². The molecule has 0 unspecified atom stereocenters. The van der Waals surface area contributed by atoms with Crippen molar-refractivity contribution in [2.24, 2.45) is 52.1 Å². The number of aliphatic hydroxyl groups is 3. The van der Waals surface area contributed by atoms with E-state index in [1.165, 1.54) is 54.4 Å². The standard InChI is InChI=1S/C66H80N4O7S2/c1-2-3-4-13-43(60(75)46-28-39-15-14-38-11-5-6-12-40(38)45(39)29-54(46)73)53(72)20-18-41-49-34-78-79-37-66-35-65(24-9-10-25-65)59-47-31-68-51-33-70(32-48(47)51)63-50(19-21-52(71)42-16-17-44(58(66)57(42)59)62(67)69-36-66)64(22-7-8-23-64)26-27-76-56(30-55(41)74)61(49)77-63/h16-17,28,30-33,38,40,43,45-46,50,52,54,59-60,62-63,68-69,71,73-75H,2-15,18,20,22-25,29,34-37,67H2,1H3/t38-,40-,43-,45-,46-,50+,52-,54-,59-,60+,62-,63+,66-/m1/s1. The zero-order valence-electron chi connectivity index (χ0n) is 46.0. The van der Waals surface area contributed by atoms with E-state index in [1.54, 1.807) is 16.9 Å². The summed E-state index contributed by atoms with van der Waals surface area (Å²) in [5, 5.41) is 54.6. The number of hydrogen-bond donors (Lipinski definition) is 7. The van der Waals surface area contributed by atoms with Gasteiger partial charge in [-0.15, -0.1) is 0 Å². The summed E-state index contributed by atoms with van der Waals surface area (Å²) in [6.45, 7) is 2.86. The van der Waals surface area contributed by atoms with Crippen LogP contribution < -0.4 is 20.5 Å². The fourth-order valence-corrected chi connectivity index (χ4v) is 21.0. The molecule has 79 heavy (non-hydrogen) atoms. The number of aliphatic hydroxyl groups excluding tert-OH is 3. The molecule has 8 heterocycles. The van der Waals surface area contributed by atoms with E-state index in [4.69, 9.17) is 15.2 Å². The average molecular weight is 1110 g/mol. The van der Waals surface area contributed by atoms with Gasteiger partial charge in [-0.05, 0) is 122 Å². The number of allylic oxidation sites excluding steroid dienone is 1. The molecule has 6 aliphatic carbocycles. The van der Waals surface area contributed by atoms with Crippen molar-refractivity contribution in [2.75, 3.05) is 12.3 Å². The monoisotopic (exact) mass is 1100 g/mol. The Labute approximate surface area is 474 Å². The van der Waals surface area contributed by atoms with Crippen molar-refractivity contribution < 1.29 is 34.7 Å². The van der Waals surface area contributed by atoms with E-state index in [2.05, 4.69) is 82.5 Å². The third kappa shape index (κ3) is 8.78. The molecule has 2 aromatic carbocycles. The lowest BCUT2D eigenvalue weighted by Gasteiger charge is -2.56. The Bertz CT molecular complexity index is 3200. The van der Waals surface area contributed by atoms with E-state index >= 15 is 4.79 Å². The summed E-state index contributed by atoms with van der Waals surface area (Å²) in [4.78, 5) is 18.9. The number of aromatic hydroxyl groups is 1. The lowest BCUT2D eigenvalue weighted by atomic mass is 9.51. The highest BCUT2D eigenvalue weighted by molar-refractivity contribution is 8.76. The first kappa shape index (κ1) is 52.7. The topological polar surface area (TPSA) is 175 Å². The number of carbonyl (C=O) groups excluding carboxylic acids is 1. The molecule has 418 valence electrons. The van der Waals surface area contributed by atoms with Crippen LogP contribution in [0.1, 0.15) is 205 Å². The predicted octanol–water partition coefficient (Wildman–Crippen LogP) is 12.2. The Balaban J connectivity index is 0.890. The van der Waals surface area contributed by atoms with Crippen LogP contribution in [0.3, 0.4) is 0 Å². The number of unbranched alkanes of at least 4 members (excludes halogenated alkanes) is 2. The molecule has 10 bridgehead atoms. The summed E-state index contributed by atoms with van der Waals surface area (Å²) in [5.74, 6) is 12.9. The van der Waals surface area contributed by atoms with Gasteiger partial charge in [-0.2, -0.15) is 0 Å². The Morgan fingerprint density at radius 2 is 1.81 bits per heavy atom. The first-order chi connectivity index (χ1) is 38.5. The number of fused-ring (bicyclic) bond motifs is 4. The zero-order chi connectivity index (χ0) is 53.8. The number of nitrogens with zero attached hydrogens (tertiary/aromatic N) is 1. The third-order valence-electron chi connectivity index (χ3n) is 22.1. The molecule has 6 aliphatic heterocycles. The second-order valence-corrected chi connectivity index (χ2v) is 28.7. The third-order valence-corrected chi connectivity index (χ3v) is 24.5. The van der Waals surface area contributed by atoms with E-state index in [0.29, 0.717) is 54.0 Å². The van der Waals surface area contributed by atoms with Crippen molar-refractivity contribution in [1.82, 2.24) is 14.9 Å². The van der Waals surface area contributed by atoms with Gasteiger partial charge in [-0.1, -0.05) is 134 Å². The van der Waals surface area contributed by atoms with Crippen LogP contribution in [0.4, 0.5) is 0 Å². The Hall–Kier alpha value is -4.31. The molecule has 13 heteroatoms. The van der Waals surface area contributed by atoms with Gasteiger partial charge in [0.05, 0.1) is 35.2 Å². The molecule has 0 amide bonds. The number of phenolic OH excluding ortho intramolecular Hbond substituents is 1. The summed E-state index contributed by atoms with van der Waals surface area (Å²) < 4.78 is 16.4. The van der Waals surface area contributed by atoms with Gasteiger partial charge in [0, 0.05) is 88.8 Å². The molecule has 8 N–H and O–H groups in total. The average Bonchev–Trinajstić information content (AvgIpc) is 2.67. The number of nitrogens with one attached hydrogen (secondary N) is 2. The van der Waals surface area contributed by atoms with Crippen molar-refractivity contribution in [2.45, 2.75) is 196 Å². The number of rotatable bonds is 10. The van der Waals surface area contributed by atoms with Gasteiger partial charge in [-0.25, -0.2) is 0 Å². The maximum Gasteiger partial charge on any atom is 0.191 e. The largest absolute Gasteiger partial charge is 0.508 e. The van der Waals surface area contributed by atoms with Crippen LogP contribution in [0.2, 0.25) is 0 Å². The molecule has 0 saturated heterocycles. The number of phenols is 1. The molecule has 16 rings (SSSR count). The number of nitrogens with two attached hydrogens (primary N) is 1. The summed E-state index contributed by atoms with van der Waals surface area (Å²) in [5.41, 5.74) is 15.5. The fraction of sp³-hybridized carbons (Fsp3) is 0.621.